The maximum atomic E-state index is 4.53. The van der Waals surface area contributed by atoms with Gasteiger partial charge in [0.1, 0.15) is 15.5 Å². The van der Waals surface area contributed by atoms with Crippen molar-refractivity contribution in [3.63, 3.8) is 0 Å². The third-order valence-electron chi connectivity index (χ3n) is 1.99. The van der Waals surface area contributed by atoms with E-state index in [1.54, 1.807) is 23.1 Å². The van der Waals surface area contributed by atoms with Crippen molar-refractivity contribution in [2.45, 2.75) is 36.1 Å². The molecule has 0 radical (unpaired) electrons. The molecule has 2 aromatic heterocycles. The highest BCUT2D eigenvalue weighted by Crippen LogP contribution is 2.30. The summed E-state index contributed by atoms with van der Waals surface area (Å²) in [6.45, 7) is 6.17. The fraction of sp³-hybridized carbons (Fsp3) is 0.364. The molecule has 0 atom stereocenters. The summed E-state index contributed by atoms with van der Waals surface area (Å²) in [7, 11) is 0. The summed E-state index contributed by atoms with van der Waals surface area (Å²) in [6, 6.07) is 1.92. The van der Waals surface area contributed by atoms with Gasteiger partial charge >= 0.3 is 0 Å². The van der Waals surface area contributed by atoms with Gasteiger partial charge in [0, 0.05) is 23.1 Å². The normalized spacial score (nSPS) is 11.1. The number of hydrogen-bond donors (Lipinski definition) is 0. The average molecular weight is 330 g/mol. The van der Waals surface area contributed by atoms with Crippen molar-refractivity contribution in [3.05, 3.63) is 27.6 Å². The molecule has 0 bridgehead atoms. The van der Waals surface area contributed by atoms with Crippen LogP contribution in [0.15, 0.2) is 25.4 Å². The molecule has 90 valence electrons. The van der Waals surface area contributed by atoms with Gasteiger partial charge in [-0.3, -0.25) is 0 Å². The monoisotopic (exact) mass is 329 g/mol. The van der Waals surface area contributed by atoms with Gasteiger partial charge in [-0.15, -0.1) is 11.3 Å². The van der Waals surface area contributed by atoms with Gasteiger partial charge < -0.3 is 0 Å². The van der Waals surface area contributed by atoms with E-state index in [1.807, 2.05) is 18.4 Å². The quantitative estimate of drug-likeness (QED) is 0.788. The van der Waals surface area contributed by atoms with E-state index in [-0.39, 0.29) is 0 Å². The Kier molecular flexibility index (Phi) is 4.17. The molecule has 0 spiro atoms. The molecule has 2 rings (SSSR count). The Hall–Kier alpha value is -0.460. The number of aromatic nitrogens is 3. The summed E-state index contributed by atoms with van der Waals surface area (Å²) in [5, 5.41) is 2.98. The third kappa shape index (κ3) is 3.50. The summed E-state index contributed by atoms with van der Waals surface area (Å²) in [4.78, 5) is 13.3. The van der Waals surface area contributed by atoms with E-state index in [0.717, 1.165) is 25.5 Å². The largest absolute Gasteiger partial charge is 0.235 e. The fourth-order valence-corrected chi connectivity index (χ4v) is 3.53. The predicted octanol–water partition coefficient (Wildman–Crippen LogP) is 4.28. The fourth-order valence-electron chi connectivity index (χ4n) is 1.19. The summed E-state index contributed by atoms with van der Waals surface area (Å²) in [6.07, 6.45) is 0. The lowest BCUT2D eigenvalue weighted by atomic mass is 10.2. The molecule has 2 aromatic rings. The zero-order chi connectivity index (χ0) is 12.4. The second-order valence-electron chi connectivity index (χ2n) is 3.90. The van der Waals surface area contributed by atoms with Crippen molar-refractivity contribution >= 4 is 39.0 Å². The van der Waals surface area contributed by atoms with Crippen LogP contribution in [-0.4, -0.2) is 15.0 Å². The van der Waals surface area contributed by atoms with Crippen LogP contribution in [-0.2, 0) is 0 Å². The topological polar surface area (TPSA) is 38.7 Å². The Morgan fingerprint density at radius 2 is 2.06 bits per heavy atom. The number of halogens is 1. The lowest BCUT2D eigenvalue weighted by molar-refractivity contribution is 0.747. The van der Waals surface area contributed by atoms with E-state index in [1.165, 1.54) is 0 Å². The molecule has 2 heterocycles. The first-order chi connectivity index (χ1) is 8.04. The van der Waals surface area contributed by atoms with Gasteiger partial charge in [-0.25, -0.2) is 15.0 Å². The SMILES string of the molecule is Cc1csc(Sc2cc(Br)nc(C(C)C)n2)n1. The van der Waals surface area contributed by atoms with Crippen LogP contribution in [0.1, 0.15) is 31.3 Å². The molecule has 6 heteroatoms. The predicted molar refractivity (Wildman–Crippen MR) is 74.8 cm³/mol. The smallest absolute Gasteiger partial charge is 0.156 e. The highest BCUT2D eigenvalue weighted by atomic mass is 79.9. The second-order valence-corrected chi connectivity index (χ2v) is 6.84. The molecule has 0 saturated heterocycles. The van der Waals surface area contributed by atoms with E-state index in [4.69, 9.17) is 0 Å². The van der Waals surface area contributed by atoms with E-state index in [0.29, 0.717) is 5.92 Å². The zero-order valence-electron chi connectivity index (χ0n) is 9.77. The van der Waals surface area contributed by atoms with E-state index >= 15 is 0 Å². The van der Waals surface area contributed by atoms with Gasteiger partial charge in [-0.05, 0) is 34.6 Å². The molecule has 0 saturated carbocycles. The maximum absolute atomic E-state index is 4.53. The Labute approximate surface area is 117 Å². The van der Waals surface area contributed by atoms with Crippen molar-refractivity contribution in [2.75, 3.05) is 0 Å². The van der Waals surface area contributed by atoms with Crippen LogP contribution >= 0.6 is 39.0 Å². The van der Waals surface area contributed by atoms with Crippen molar-refractivity contribution in [2.24, 2.45) is 0 Å². The first-order valence-electron chi connectivity index (χ1n) is 5.19. The molecular formula is C11H12BrN3S2. The number of hydrogen-bond acceptors (Lipinski definition) is 5. The minimum absolute atomic E-state index is 0.324. The Morgan fingerprint density at radius 3 is 2.65 bits per heavy atom. The van der Waals surface area contributed by atoms with Crippen LogP contribution in [0.5, 0.6) is 0 Å². The van der Waals surface area contributed by atoms with E-state index in [9.17, 15) is 0 Å². The molecule has 0 aliphatic heterocycles. The molecule has 17 heavy (non-hydrogen) atoms. The van der Waals surface area contributed by atoms with E-state index < -0.39 is 0 Å². The van der Waals surface area contributed by atoms with Gasteiger partial charge in [0.25, 0.3) is 0 Å². The van der Waals surface area contributed by atoms with Crippen molar-refractivity contribution in [3.8, 4) is 0 Å². The highest BCUT2D eigenvalue weighted by Gasteiger charge is 2.09. The standard InChI is InChI=1S/C11H12BrN3S2/c1-6(2)10-14-8(12)4-9(15-10)17-11-13-7(3)5-16-11/h4-6H,1-3H3. The van der Waals surface area contributed by atoms with Crippen LogP contribution in [0.25, 0.3) is 0 Å². The molecule has 0 unspecified atom stereocenters. The third-order valence-corrected chi connectivity index (χ3v) is 4.38. The lowest BCUT2D eigenvalue weighted by Crippen LogP contribution is -1.98. The summed E-state index contributed by atoms with van der Waals surface area (Å²) < 4.78 is 1.84. The van der Waals surface area contributed by atoms with Gasteiger partial charge in [0.15, 0.2) is 4.34 Å². The molecular weight excluding hydrogens is 318 g/mol. The van der Waals surface area contributed by atoms with Crippen LogP contribution in [0.2, 0.25) is 0 Å². The van der Waals surface area contributed by atoms with Gasteiger partial charge in [-0.1, -0.05) is 13.8 Å². The number of aryl methyl sites for hydroxylation is 1. The summed E-state index contributed by atoms with van der Waals surface area (Å²) >= 11 is 6.64. The van der Waals surface area contributed by atoms with Gasteiger partial charge in [0.05, 0.1) is 0 Å². The molecule has 3 nitrogen and oxygen atoms in total. The highest BCUT2D eigenvalue weighted by molar-refractivity contribution is 9.10. The number of thiazole rings is 1. The van der Waals surface area contributed by atoms with Gasteiger partial charge in [0.2, 0.25) is 0 Å². The molecule has 0 aliphatic carbocycles. The van der Waals surface area contributed by atoms with Crippen LogP contribution in [0, 0.1) is 6.92 Å². The van der Waals surface area contributed by atoms with Gasteiger partial charge in [-0.2, -0.15) is 0 Å². The summed E-state index contributed by atoms with van der Waals surface area (Å²) in [5.41, 5.74) is 1.05. The minimum atomic E-state index is 0.324. The molecule has 0 fully saturated rings. The zero-order valence-corrected chi connectivity index (χ0v) is 13.0. The minimum Gasteiger partial charge on any atom is -0.235 e. The molecule has 0 aliphatic rings. The van der Waals surface area contributed by atoms with Crippen molar-refractivity contribution < 1.29 is 0 Å². The first kappa shape index (κ1) is 13.0. The number of rotatable bonds is 3. The Bertz CT molecular complexity index is 525. The Balaban J connectivity index is 2.26. The Morgan fingerprint density at radius 1 is 1.29 bits per heavy atom. The summed E-state index contributed by atoms with van der Waals surface area (Å²) in [5.74, 6) is 1.18. The maximum Gasteiger partial charge on any atom is 0.156 e. The number of nitrogens with zero attached hydrogens (tertiary/aromatic N) is 3. The van der Waals surface area contributed by atoms with Crippen LogP contribution in [0.3, 0.4) is 0 Å². The van der Waals surface area contributed by atoms with Crippen molar-refractivity contribution in [1.29, 1.82) is 0 Å². The molecule has 0 amide bonds. The molecule has 0 aromatic carbocycles. The first-order valence-corrected chi connectivity index (χ1v) is 7.68. The molecule has 0 N–H and O–H groups in total. The van der Waals surface area contributed by atoms with Crippen molar-refractivity contribution in [1.82, 2.24) is 15.0 Å². The van der Waals surface area contributed by atoms with Crippen LogP contribution in [0.4, 0.5) is 0 Å². The van der Waals surface area contributed by atoms with E-state index in [2.05, 4.69) is 44.7 Å². The second kappa shape index (κ2) is 5.46. The lowest BCUT2D eigenvalue weighted by Gasteiger charge is -2.05. The van der Waals surface area contributed by atoms with Crippen LogP contribution < -0.4 is 0 Å². The average Bonchev–Trinajstić information content (AvgIpc) is 2.63.